The third-order valence-corrected chi connectivity index (χ3v) is 5.99. The monoisotopic (exact) mass is 413 g/mol. The van der Waals surface area contributed by atoms with Crippen molar-refractivity contribution >= 4 is 38.6 Å². The number of carbonyl (C=O) groups is 2. The van der Waals surface area contributed by atoms with E-state index in [9.17, 15) is 22.8 Å². The van der Waals surface area contributed by atoms with Gasteiger partial charge in [0, 0.05) is 45.3 Å². The fraction of sp³-hybridized carbons (Fsp3) is 0.529. The van der Waals surface area contributed by atoms with E-state index in [4.69, 9.17) is 0 Å². The molecule has 11 heteroatoms. The van der Waals surface area contributed by atoms with Gasteiger partial charge < -0.3 is 14.7 Å². The maximum atomic E-state index is 12.7. The Labute approximate surface area is 162 Å². The summed E-state index contributed by atoms with van der Waals surface area (Å²) in [6.45, 7) is 0.602. The van der Waals surface area contributed by atoms with E-state index in [2.05, 4.69) is 14.9 Å². The van der Waals surface area contributed by atoms with Gasteiger partial charge in [0.1, 0.15) is 16.9 Å². The molecule has 2 saturated heterocycles. The number of piperazine rings is 1. The molecule has 0 radical (unpaired) electrons. The van der Waals surface area contributed by atoms with Gasteiger partial charge in [0.05, 0.1) is 5.92 Å². The molecule has 0 bridgehead atoms. The minimum Gasteiger partial charge on any atom is -0.344 e. The Morgan fingerprint density at radius 2 is 2.00 bits per heavy atom. The largest absolute Gasteiger partial charge is 0.406 e. The lowest BCUT2D eigenvalue weighted by molar-refractivity contribution is -0.157. The number of fused-ring (bicyclic) bond motifs is 1. The zero-order chi connectivity index (χ0) is 19.9. The molecule has 1 atom stereocenters. The summed E-state index contributed by atoms with van der Waals surface area (Å²) in [4.78, 5) is 38.6. The summed E-state index contributed by atoms with van der Waals surface area (Å²) in [5.41, 5.74) is 0.829. The molecule has 1 unspecified atom stereocenters. The number of pyridine rings is 1. The first-order chi connectivity index (χ1) is 13.3. The number of amides is 2. The van der Waals surface area contributed by atoms with E-state index >= 15 is 0 Å². The van der Waals surface area contributed by atoms with E-state index < -0.39 is 24.5 Å². The number of rotatable bonds is 3. The number of nitrogens with zero attached hydrogens (tertiary/aromatic N) is 5. The molecule has 150 valence electrons. The first kappa shape index (κ1) is 18.9. The van der Waals surface area contributed by atoms with E-state index in [0.717, 1.165) is 20.4 Å². The quantitative estimate of drug-likeness (QED) is 0.767. The summed E-state index contributed by atoms with van der Waals surface area (Å²) in [5.74, 6) is -1.56. The van der Waals surface area contributed by atoms with Crippen LogP contribution in [0, 0.1) is 5.92 Å². The van der Waals surface area contributed by atoms with Crippen molar-refractivity contribution in [3.05, 3.63) is 18.3 Å². The number of aromatic nitrogens is 2. The number of hydrogen-bond donors (Lipinski definition) is 0. The highest BCUT2D eigenvalue weighted by atomic mass is 32.1. The Bertz CT molecular complexity index is 861. The summed E-state index contributed by atoms with van der Waals surface area (Å²) in [5, 5.41) is 0.841. The molecule has 4 heterocycles. The van der Waals surface area contributed by atoms with Crippen LogP contribution in [0.15, 0.2) is 18.3 Å². The average Bonchev–Trinajstić information content (AvgIpc) is 3.24. The van der Waals surface area contributed by atoms with Gasteiger partial charge in [-0.1, -0.05) is 11.3 Å². The summed E-state index contributed by atoms with van der Waals surface area (Å²) in [6.07, 6.45) is -2.89. The highest BCUT2D eigenvalue weighted by Crippen LogP contribution is 2.29. The Morgan fingerprint density at radius 3 is 2.68 bits per heavy atom. The number of hydrogen-bond acceptors (Lipinski definition) is 6. The molecule has 2 aliphatic heterocycles. The van der Waals surface area contributed by atoms with Crippen molar-refractivity contribution in [3.63, 3.8) is 0 Å². The van der Waals surface area contributed by atoms with Gasteiger partial charge in [-0.05, 0) is 12.1 Å². The standard InChI is InChI=1S/C17H18F3N5O2S/c18-17(19,20)10-25-9-11(8-13(25)26)15(27)23-4-6-24(7-5-23)16-22-12-2-1-3-21-14(12)28-16/h1-3,11H,4-10H2. The van der Waals surface area contributed by atoms with Crippen LogP contribution in [0.3, 0.4) is 0 Å². The molecular formula is C17H18F3N5O2S. The maximum Gasteiger partial charge on any atom is 0.406 e. The molecule has 2 fully saturated rings. The van der Waals surface area contributed by atoms with Crippen LogP contribution >= 0.6 is 11.3 Å². The maximum absolute atomic E-state index is 12.7. The molecule has 0 aromatic carbocycles. The number of halogens is 3. The normalized spacial score (nSPS) is 21.0. The van der Waals surface area contributed by atoms with Gasteiger partial charge in [-0.15, -0.1) is 0 Å². The fourth-order valence-electron chi connectivity index (χ4n) is 3.58. The summed E-state index contributed by atoms with van der Waals surface area (Å²) in [6, 6.07) is 3.72. The Balaban J connectivity index is 1.34. The van der Waals surface area contributed by atoms with Gasteiger partial charge >= 0.3 is 6.18 Å². The second-order valence-electron chi connectivity index (χ2n) is 6.93. The van der Waals surface area contributed by atoms with Gasteiger partial charge in [-0.3, -0.25) is 9.59 Å². The Kier molecular flexibility index (Phi) is 4.86. The van der Waals surface area contributed by atoms with Gasteiger partial charge in [0.25, 0.3) is 0 Å². The Morgan fingerprint density at radius 1 is 1.25 bits per heavy atom. The molecule has 0 spiro atoms. The van der Waals surface area contributed by atoms with E-state index in [-0.39, 0.29) is 18.9 Å². The highest BCUT2D eigenvalue weighted by molar-refractivity contribution is 7.21. The lowest BCUT2D eigenvalue weighted by Gasteiger charge is -2.35. The second kappa shape index (κ2) is 7.19. The number of likely N-dealkylation sites (tertiary alicyclic amines) is 1. The zero-order valence-electron chi connectivity index (χ0n) is 14.9. The molecule has 28 heavy (non-hydrogen) atoms. The third-order valence-electron chi connectivity index (χ3n) is 4.95. The van der Waals surface area contributed by atoms with Crippen LogP contribution in [0.4, 0.5) is 18.3 Å². The number of thiazole rings is 1. The molecule has 2 aromatic rings. The molecular weight excluding hydrogens is 395 g/mol. The molecule has 2 aliphatic rings. The van der Waals surface area contributed by atoms with Crippen LogP contribution in [0.1, 0.15) is 6.42 Å². The van der Waals surface area contributed by atoms with E-state index in [1.54, 1.807) is 11.1 Å². The minimum atomic E-state index is -4.45. The molecule has 0 N–H and O–H groups in total. The van der Waals surface area contributed by atoms with Crippen molar-refractivity contribution in [3.8, 4) is 0 Å². The Hall–Kier alpha value is -2.43. The van der Waals surface area contributed by atoms with Crippen molar-refractivity contribution in [2.75, 3.05) is 44.2 Å². The fourth-order valence-corrected chi connectivity index (χ4v) is 4.54. The number of anilines is 1. The second-order valence-corrected chi connectivity index (χ2v) is 7.88. The van der Waals surface area contributed by atoms with Crippen molar-refractivity contribution < 1.29 is 22.8 Å². The van der Waals surface area contributed by atoms with Crippen LogP contribution < -0.4 is 4.90 Å². The molecule has 2 amide bonds. The molecule has 0 saturated carbocycles. The van der Waals surface area contributed by atoms with Crippen LogP contribution in [0.25, 0.3) is 10.3 Å². The minimum absolute atomic E-state index is 0.154. The van der Waals surface area contributed by atoms with Gasteiger partial charge in [0.15, 0.2) is 5.13 Å². The number of alkyl halides is 3. The third kappa shape index (κ3) is 3.89. The first-order valence-corrected chi connectivity index (χ1v) is 9.71. The lowest BCUT2D eigenvalue weighted by atomic mass is 10.1. The first-order valence-electron chi connectivity index (χ1n) is 8.90. The van der Waals surface area contributed by atoms with Gasteiger partial charge in [0.2, 0.25) is 11.8 Å². The molecule has 4 rings (SSSR count). The van der Waals surface area contributed by atoms with Crippen LogP contribution in [0.5, 0.6) is 0 Å². The summed E-state index contributed by atoms with van der Waals surface area (Å²) >= 11 is 1.49. The smallest absolute Gasteiger partial charge is 0.344 e. The zero-order valence-corrected chi connectivity index (χ0v) is 15.7. The predicted octanol–water partition coefficient (Wildman–Crippen LogP) is 1.75. The van der Waals surface area contributed by atoms with Crippen molar-refractivity contribution in [1.82, 2.24) is 19.8 Å². The SMILES string of the molecule is O=C1CC(C(=O)N2CCN(c3nc4cccnc4s3)CC2)CN1CC(F)(F)F. The summed E-state index contributed by atoms with van der Waals surface area (Å²) in [7, 11) is 0. The van der Waals surface area contributed by atoms with E-state index in [1.165, 1.54) is 11.3 Å². The van der Waals surface area contributed by atoms with Crippen LogP contribution in [-0.4, -0.2) is 77.0 Å². The lowest BCUT2D eigenvalue weighted by Crippen LogP contribution is -2.50. The van der Waals surface area contributed by atoms with Crippen LogP contribution in [-0.2, 0) is 9.59 Å². The van der Waals surface area contributed by atoms with Crippen molar-refractivity contribution in [2.24, 2.45) is 5.92 Å². The average molecular weight is 413 g/mol. The molecule has 2 aromatic heterocycles. The molecule has 7 nitrogen and oxygen atoms in total. The summed E-state index contributed by atoms with van der Waals surface area (Å²) < 4.78 is 37.6. The van der Waals surface area contributed by atoms with Crippen molar-refractivity contribution in [1.29, 1.82) is 0 Å². The molecule has 0 aliphatic carbocycles. The van der Waals surface area contributed by atoms with Gasteiger partial charge in [-0.2, -0.15) is 13.2 Å². The van der Waals surface area contributed by atoms with Gasteiger partial charge in [-0.25, -0.2) is 9.97 Å². The predicted molar refractivity (Wildman–Crippen MR) is 97.0 cm³/mol. The topological polar surface area (TPSA) is 69.6 Å². The van der Waals surface area contributed by atoms with Crippen molar-refractivity contribution in [2.45, 2.75) is 12.6 Å². The van der Waals surface area contributed by atoms with E-state index in [0.29, 0.717) is 26.2 Å². The van der Waals surface area contributed by atoms with Crippen LogP contribution in [0.2, 0.25) is 0 Å². The number of carbonyl (C=O) groups excluding carboxylic acids is 2. The van der Waals surface area contributed by atoms with E-state index in [1.807, 2.05) is 12.1 Å². The highest BCUT2D eigenvalue weighted by Gasteiger charge is 2.42.